The van der Waals surface area contributed by atoms with Crippen molar-refractivity contribution in [1.29, 1.82) is 0 Å². The largest absolute Gasteiger partial charge is 0.381 e. The van der Waals surface area contributed by atoms with Gasteiger partial charge in [-0.3, -0.25) is 4.79 Å². The van der Waals surface area contributed by atoms with Gasteiger partial charge in [0.25, 0.3) is 0 Å². The van der Waals surface area contributed by atoms with E-state index in [1.54, 1.807) is 29.2 Å². The molecule has 2 aliphatic heterocycles. The molecule has 0 unspecified atom stereocenters. The Morgan fingerprint density at radius 2 is 2.00 bits per heavy atom. The number of hydrogen-bond donors (Lipinski definition) is 0. The lowest BCUT2D eigenvalue weighted by Gasteiger charge is -2.22. The molecule has 23 heavy (non-hydrogen) atoms. The van der Waals surface area contributed by atoms with Gasteiger partial charge in [-0.2, -0.15) is 0 Å². The van der Waals surface area contributed by atoms with E-state index in [9.17, 15) is 13.2 Å². The summed E-state index contributed by atoms with van der Waals surface area (Å²) in [4.78, 5) is 14.2. The van der Waals surface area contributed by atoms with E-state index in [-0.39, 0.29) is 24.1 Å². The van der Waals surface area contributed by atoms with Gasteiger partial charge in [-0.1, -0.05) is 29.8 Å². The Morgan fingerprint density at radius 1 is 1.22 bits per heavy atom. The van der Waals surface area contributed by atoms with Crippen molar-refractivity contribution in [3.63, 3.8) is 0 Å². The number of nitrogens with zero attached hydrogens (tertiary/aromatic N) is 1. The van der Waals surface area contributed by atoms with Gasteiger partial charge in [0.05, 0.1) is 23.5 Å². The second kappa shape index (κ2) is 6.79. The van der Waals surface area contributed by atoms with Crippen LogP contribution in [0.3, 0.4) is 0 Å². The van der Waals surface area contributed by atoms with Crippen LogP contribution in [0.1, 0.15) is 23.7 Å². The highest BCUT2D eigenvalue weighted by Crippen LogP contribution is 2.34. The fourth-order valence-corrected chi connectivity index (χ4v) is 5.39. The minimum atomic E-state index is -3.34. The molecule has 0 spiro atoms. The smallest absolute Gasteiger partial charge is 0.228 e. The maximum Gasteiger partial charge on any atom is 0.228 e. The van der Waals surface area contributed by atoms with Gasteiger partial charge in [-0.15, -0.1) is 0 Å². The fraction of sp³-hybridized carbons (Fsp3) is 0.562. The Morgan fingerprint density at radius 3 is 2.70 bits per heavy atom. The minimum absolute atomic E-state index is 0.0116. The van der Waals surface area contributed by atoms with Crippen molar-refractivity contribution in [2.45, 2.75) is 18.1 Å². The molecule has 1 aromatic carbocycles. The summed E-state index contributed by atoms with van der Waals surface area (Å²) in [6.07, 6.45) is 1.10. The Bertz CT molecular complexity index is 685. The summed E-state index contributed by atoms with van der Waals surface area (Å²) >= 11 is 6.18. The standard InChI is InChI=1S/C16H20ClNO4S/c17-14-4-2-1-3-13(14)15-5-7-18(8-10-23(15,20)21)16(19)12-6-9-22-11-12/h1-4,12,15H,5-11H2/t12-,15+/m1/s1. The molecule has 0 aromatic heterocycles. The molecular formula is C16H20ClNO4S. The van der Waals surface area contributed by atoms with Crippen LogP contribution in [0.5, 0.6) is 0 Å². The van der Waals surface area contributed by atoms with Crippen LogP contribution in [0, 0.1) is 5.92 Å². The van der Waals surface area contributed by atoms with E-state index in [1.807, 2.05) is 0 Å². The first-order chi connectivity index (χ1) is 11.0. The monoisotopic (exact) mass is 357 g/mol. The SMILES string of the molecule is O=C([C@@H]1CCOC1)N1CC[C@@H](c2ccccc2Cl)S(=O)(=O)CC1. The van der Waals surface area contributed by atoms with E-state index >= 15 is 0 Å². The highest BCUT2D eigenvalue weighted by molar-refractivity contribution is 7.91. The average Bonchev–Trinajstić information content (AvgIpc) is 3.00. The number of benzene rings is 1. The number of halogens is 1. The third kappa shape index (κ3) is 3.54. The van der Waals surface area contributed by atoms with Crippen LogP contribution in [0.2, 0.25) is 5.02 Å². The minimum Gasteiger partial charge on any atom is -0.381 e. The van der Waals surface area contributed by atoms with Crippen LogP contribution in [-0.4, -0.2) is 51.3 Å². The molecule has 1 amide bonds. The average molecular weight is 358 g/mol. The van der Waals surface area contributed by atoms with E-state index in [0.29, 0.717) is 36.8 Å². The molecule has 126 valence electrons. The topological polar surface area (TPSA) is 63.7 Å². The Hall–Kier alpha value is -1.11. The Balaban J connectivity index is 1.80. The molecular weight excluding hydrogens is 338 g/mol. The van der Waals surface area contributed by atoms with E-state index in [1.165, 1.54) is 0 Å². The second-order valence-electron chi connectivity index (χ2n) is 6.05. The van der Waals surface area contributed by atoms with Crippen molar-refractivity contribution < 1.29 is 17.9 Å². The third-order valence-electron chi connectivity index (χ3n) is 4.58. The number of hydrogen-bond acceptors (Lipinski definition) is 4. The predicted octanol–water partition coefficient (Wildman–Crippen LogP) is 2.06. The predicted molar refractivity (Wildman–Crippen MR) is 88.1 cm³/mol. The Kier molecular flexibility index (Phi) is 4.94. The van der Waals surface area contributed by atoms with Crippen molar-refractivity contribution >= 4 is 27.3 Å². The van der Waals surface area contributed by atoms with E-state index in [0.717, 1.165) is 6.42 Å². The zero-order chi connectivity index (χ0) is 16.4. The summed E-state index contributed by atoms with van der Waals surface area (Å²) in [7, 11) is -3.34. The fourth-order valence-electron chi connectivity index (χ4n) is 3.24. The van der Waals surface area contributed by atoms with Crippen molar-refractivity contribution in [2.24, 2.45) is 5.92 Å². The number of ether oxygens (including phenoxy) is 1. The zero-order valence-corrected chi connectivity index (χ0v) is 14.4. The third-order valence-corrected chi connectivity index (χ3v) is 7.04. The number of rotatable bonds is 2. The first-order valence-corrected chi connectivity index (χ1v) is 9.91. The summed E-state index contributed by atoms with van der Waals surface area (Å²) < 4.78 is 30.5. The second-order valence-corrected chi connectivity index (χ2v) is 8.76. The summed E-state index contributed by atoms with van der Waals surface area (Å²) in [6, 6.07) is 7.04. The van der Waals surface area contributed by atoms with E-state index in [2.05, 4.69) is 0 Å². The van der Waals surface area contributed by atoms with E-state index in [4.69, 9.17) is 16.3 Å². The molecule has 2 saturated heterocycles. The van der Waals surface area contributed by atoms with Crippen LogP contribution in [0.25, 0.3) is 0 Å². The molecule has 5 nitrogen and oxygen atoms in total. The van der Waals surface area contributed by atoms with Crippen molar-refractivity contribution in [2.75, 3.05) is 32.1 Å². The first kappa shape index (κ1) is 16.7. The van der Waals surface area contributed by atoms with Crippen molar-refractivity contribution in [1.82, 2.24) is 4.90 Å². The molecule has 0 radical (unpaired) electrons. The number of carbonyl (C=O) groups excluding carboxylic acids is 1. The summed E-state index contributed by atoms with van der Waals surface area (Å²) in [5.74, 6) is -0.144. The lowest BCUT2D eigenvalue weighted by Crippen LogP contribution is -2.38. The number of carbonyl (C=O) groups is 1. The van der Waals surface area contributed by atoms with Gasteiger partial charge in [-0.25, -0.2) is 8.42 Å². The van der Waals surface area contributed by atoms with Crippen LogP contribution >= 0.6 is 11.6 Å². The van der Waals surface area contributed by atoms with Crippen molar-refractivity contribution in [3.8, 4) is 0 Å². The molecule has 7 heteroatoms. The van der Waals surface area contributed by atoms with Crippen LogP contribution < -0.4 is 0 Å². The molecule has 2 atom stereocenters. The van der Waals surface area contributed by atoms with Gasteiger partial charge in [-0.05, 0) is 24.5 Å². The maximum absolute atomic E-state index is 12.6. The van der Waals surface area contributed by atoms with Crippen LogP contribution in [-0.2, 0) is 19.4 Å². The molecule has 3 rings (SSSR count). The van der Waals surface area contributed by atoms with Gasteiger partial charge >= 0.3 is 0 Å². The van der Waals surface area contributed by atoms with Gasteiger partial charge in [0, 0.05) is 24.7 Å². The summed E-state index contributed by atoms with van der Waals surface area (Å²) in [6.45, 7) is 1.73. The Labute approximate surface area is 141 Å². The molecule has 1 aromatic rings. The zero-order valence-electron chi connectivity index (χ0n) is 12.8. The lowest BCUT2D eigenvalue weighted by atomic mass is 10.1. The highest BCUT2D eigenvalue weighted by Gasteiger charge is 2.36. The van der Waals surface area contributed by atoms with Crippen molar-refractivity contribution in [3.05, 3.63) is 34.9 Å². The molecule has 0 saturated carbocycles. The van der Waals surface area contributed by atoms with Crippen LogP contribution in [0.4, 0.5) is 0 Å². The molecule has 2 heterocycles. The molecule has 0 N–H and O–H groups in total. The lowest BCUT2D eigenvalue weighted by molar-refractivity contribution is -0.135. The maximum atomic E-state index is 12.6. The van der Waals surface area contributed by atoms with Gasteiger partial charge in [0.15, 0.2) is 9.84 Å². The van der Waals surface area contributed by atoms with Crippen LogP contribution in [0.15, 0.2) is 24.3 Å². The van der Waals surface area contributed by atoms with Gasteiger partial charge in [0.2, 0.25) is 5.91 Å². The summed E-state index contributed by atoms with van der Waals surface area (Å²) in [5.41, 5.74) is 0.632. The number of sulfone groups is 1. The molecule has 2 fully saturated rings. The normalized spacial score (nSPS) is 27.6. The van der Waals surface area contributed by atoms with E-state index < -0.39 is 15.1 Å². The quantitative estimate of drug-likeness (QED) is 0.812. The molecule has 2 aliphatic rings. The highest BCUT2D eigenvalue weighted by atomic mass is 35.5. The summed E-state index contributed by atoms with van der Waals surface area (Å²) in [5, 5.41) is -0.182. The first-order valence-electron chi connectivity index (χ1n) is 7.81. The molecule has 0 bridgehead atoms. The van der Waals surface area contributed by atoms with Gasteiger partial charge < -0.3 is 9.64 Å². The van der Waals surface area contributed by atoms with Gasteiger partial charge in [0.1, 0.15) is 0 Å². The molecule has 0 aliphatic carbocycles. The number of amides is 1.